The van der Waals surface area contributed by atoms with Crippen molar-refractivity contribution in [3.63, 3.8) is 0 Å². The van der Waals surface area contributed by atoms with Gasteiger partial charge in [-0.2, -0.15) is 0 Å². The topological polar surface area (TPSA) is 79.3 Å². The number of ketones is 1. The van der Waals surface area contributed by atoms with Crippen molar-refractivity contribution in [2.45, 2.75) is 20.4 Å². The van der Waals surface area contributed by atoms with E-state index in [1.807, 2.05) is 66.9 Å². The zero-order valence-corrected chi connectivity index (χ0v) is 18.0. The van der Waals surface area contributed by atoms with Crippen molar-refractivity contribution in [2.24, 2.45) is 0 Å². The van der Waals surface area contributed by atoms with Crippen LogP contribution in [0.15, 0.2) is 70.1 Å². The molecular weight excluding hydrogens is 406 g/mol. The molecule has 0 fully saturated rings. The fraction of sp³-hybridized carbons (Fsp3) is 0.160. The minimum Gasteiger partial charge on any atom is -0.497 e. The van der Waals surface area contributed by atoms with E-state index in [9.17, 15) is 9.59 Å². The predicted octanol–water partition coefficient (Wildman–Crippen LogP) is 4.44. The van der Waals surface area contributed by atoms with E-state index in [1.165, 1.54) is 10.9 Å². The minimum absolute atomic E-state index is 0.119. The number of fused-ring (bicyclic) bond motifs is 3. The molecule has 0 aliphatic carbocycles. The number of rotatable bonds is 5. The third-order valence-electron chi connectivity index (χ3n) is 5.73. The number of Topliss-reactive ketones (excluding diaryl/α,β-unsaturated/α-hetero) is 1. The van der Waals surface area contributed by atoms with Crippen molar-refractivity contribution < 1.29 is 13.9 Å². The molecule has 32 heavy (non-hydrogen) atoms. The second-order valence-electron chi connectivity index (χ2n) is 7.69. The lowest BCUT2D eigenvalue weighted by atomic mass is 10.1. The number of ether oxygens (including phenoxy) is 1. The van der Waals surface area contributed by atoms with Gasteiger partial charge in [-0.15, -0.1) is 0 Å². The van der Waals surface area contributed by atoms with Crippen LogP contribution in [0.1, 0.15) is 21.7 Å². The van der Waals surface area contributed by atoms with Crippen LogP contribution in [0, 0.1) is 13.8 Å². The fourth-order valence-corrected chi connectivity index (χ4v) is 4.14. The Morgan fingerprint density at radius 1 is 1.09 bits per heavy atom. The van der Waals surface area contributed by atoms with Crippen LogP contribution >= 0.6 is 0 Å². The van der Waals surface area contributed by atoms with Crippen LogP contribution in [-0.4, -0.2) is 27.0 Å². The summed E-state index contributed by atoms with van der Waals surface area (Å²) in [6.45, 7) is 3.72. The van der Waals surface area contributed by atoms with Crippen LogP contribution in [0.25, 0.3) is 27.8 Å². The monoisotopic (exact) mass is 427 g/mol. The standard InChI is InChI=1S/C25H21N3O4/c1-15-12-20(16(2)28(15)17-8-10-18(31-3)11-9-17)21(29)13-27-14-26-23-19-6-4-5-7-22(19)32-24(23)25(27)30/h4-12,14H,13H2,1-3H3. The molecule has 0 unspecified atom stereocenters. The Hall–Kier alpha value is -4.13. The van der Waals surface area contributed by atoms with Gasteiger partial charge in [0.25, 0.3) is 5.56 Å². The van der Waals surface area contributed by atoms with Gasteiger partial charge in [0, 0.05) is 28.0 Å². The van der Waals surface area contributed by atoms with Crippen LogP contribution in [0.5, 0.6) is 5.75 Å². The SMILES string of the molecule is COc1ccc(-n2c(C)cc(C(=O)Cn3cnc4c(oc5ccccc54)c3=O)c2C)cc1. The average Bonchev–Trinajstić information content (AvgIpc) is 3.33. The van der Waals surface area contributed by atoms with Crippen molar-refractivity contribution >= 4 is 27.9 Å². The molecule has 0 saturated carbocycles. The Kier molecular flexibility index (Phi) is 4.66. The first kappa shape index (κ1) is 19.8. The maximum atomic E-state index is 13.1. The summed E-state index contributed by atoms with van der Waals surface area (Å²) in [7, 11) is 1.62. The molecule has 0 aliphatic heterocycles. The minimum atomic E-state index is -0.372. The molecule has 0 spiro atoms. The number of benzene rings is 2. The lowest BCUT2D eigenvalue weighted by Crippen LogP contribution is -2.24. The predicted molar refractivity (Wildman–Crippen MR) is 122 cm³/mol. The van der Waals surface area contributed by atoms with Crippen molar-refractivity contribution in [3.8, 4) is 11.4 Å². The van der Waals surface area contributed by atoms with Crippen LogP contribution in [0.3, 0.4) is 0 Å². The fourth-order valence-electron chi connectivity index (χ4n) is 4.14. The van der Waals surface area contributed by atoms with Crippen molar-refractivity contribution in [1.82, 2.24) is 14.1 Å². The number of aryl methyl sites for hydroxylation is 1. The number of aromatic nitrogens is 3. The molecule has 0 atom stereocenters. The lowest BCUT2D eigenvalue weighted by molar-refractivity contribution is 0.0970. The van der Waals surface area contributed by atoms with Crippen molar-refractivity contribution in [3.05, 3.63) is 88.2 Å². The highest BCUT2D eigenvalue weighted by molar-refractivity contribution is 6.02. The Bertz CT molecular complexity index is 1540. The van der Waals surface area contributed by atoms with Crippen molar-refractivity contribution in [2.75, 3.05) is 7.11 Å². The molecule has 2 aromatic carbocycles. The van der Waals surface area contributed by atoms with Crippen LogP contribution in [0.4, 0.5) is 0 Å². The Morgan fingerprint density at radius 2 is 1.84 bits per heavy atom. The number of furan rings is 1. The van der Waals surface area contributed by atoms with E-state index in [4.69, 9.17) is 9.15 Å². The highest BCUT2D eigenvalue weighted by Gasteiger charge is 2.19. The van der Waals surface area contributed by atoms with E-state index in [1.54, 1.807) is 13.2 Å². The molecule has 160 valence electrons. The summed E-state index contributed by atoms with van der Waals surface area (Å²) in [6, 6.07) is 16.8. The van der Waals surface area contributed by atoms with Gasteiger partial charge < -0.3 is 13.7 Å². The number of hydrogen-bond donors (Lipinski definition) is 0. The number of methoxy groups -OCH3 is 1. The summed E-state index contributed by atoms with van der Waals surface area (Å²) in [6.07, 6.45) is 1.41. The molecule has 7 nitrogen and oxygen atoms in total. The third kappa shape index (κ3) is 3.10. The molecule has 0 radical (unpaired) electrons. The maximum absolute atomic E-state index is 13.1. The smallest absolute Gasteiger partial charge is 0.297 e. The normalized spacial score (nSPS) is 11.3. The van der Waals surface area contributed by atoms with Gasteiger partial charge in [-0.1, -0.05) is 12.1 Å². The van der Waals surface area contributed by atoms with E-state index in [0.29, 0.717) is 16.7 Å². The van der Waals surface area contributed by atoms with Gasteiger partial charge >= 0.3 is 0 Å². The maximum Gasteiger partial charge on any atom is 0.297 e. The molecular formula is C25H21N3O4. The molecule has 5 rings (SSSR count). The van der Waals surface area contributed by atoms with E-state index in [2.05, 4.69) is 4.98 Å². The zero-order valence-electron chi connectivity index (χ0n) is 18.0. The molecule has 0 aliphatic rings. The first-order valence-electron chi connectivity index (χ1n) is 10.2. The zero-order chi connectivity index (χ0) is 22.4. The number of para-hydroxylation sites is 1. The third-order valence-corrected chi connectivity index (χ3v) is 5.73. The Morgan fingerprint density at radius 3 is 2.59 bits per heavy atom. The molecule has 0 saturated heterocycles. The highest BCUT2D eigenvalue weighted by atomic mass is 16.5. The van der Waals surface area contributed by atoms with Crippen molar-refractivity contribution in [1.29, 1.82) is 0 Å². The molecule has 5 aromatic rings. The average molecular weight is 427 g/mol. The second-order valence-corrected chi connectivity index (χ2v) is 7.69. The van der Waals surface area contributed by atoms with Gasteiger partial charge in [0.15, 0.2) is 5.78 Å². The van der Waals surface area contributed by atoms with Crippen LogP contribution in [0.2, 0.25) is 0 Å². The van der Waals surface area contributed by atoms with E-state index >= 15 is 0 Å². The number of nitrogens with zero attached hydrogens (tertiary/aromatic N) is 3. The molecule has 3 heterocycles. The van der Waals surface area contributed by atoms with Crippen LogP contribution < -0.4 is 10.3 Å². The summed E-state index contributed by atoms with van der Waals surface area (Å²) >= 11 is 0. The molecule has 0 bridgehead atoms. The summed E-state index contributed by atoms with van der Waals surface area (Å²) < 4.78 is 14.2. The highest BCUT2D eigenvalue weighted by Crippen LogP contribution is 2.25. The molecule has 7 heteroatoms. The Balaban J connectivity index is 1.50. The quantitative estimate of drug-likeness (QED) is 0.388. The first-order valence-corrected chi connectivity index (χ1v) is 10.2. The van der Waals surface area contributed by atoms with Gasteiger partial charge in [-0.05, 0) is 56.3 Å². The lowest BCUT2D eigenvalue weighted by Gasteiger charge is -2.11. The molecule has 0 N–H and O–H groups in total. The number of hydrogen-bond acceptors (Lipinski definition) is 5. The largest absolute Gasteiger partial charge is 0.497 e. The van der Waals surface area contributed by atoms with Gasteiger partial charge in [0.2, 0.25) is 5.58 Å². The van der Waals surface area contributed by atoms with Gasteiger partial charge in [0.1, 0.15) is 16.8 Å². The number of carbonyl (C=O) groups is 1. The summed E-state index contributed by atoms with van der Waals surface area (Å²) in [5, 5.41) is 0.779. The second kappa shape index (κ2) is 7.53. The summed E-state index contributed by atoms with van der Waals surface area (Å²) in [5.41, 5.74) is 4.12. The van der Waals surface area contributed by atoms with E-state index < -0.39 is 0 Å². The van der Waals surface area contributed by atoms with Gasteiger partial charge in [-0.3, -0.25) is 14.2 Å². The first-order chi connectivity index (χ1) is 15.5. The van der Waals surface area contributed by atoms with Gasteiger partial charge in [-0.25, -0.2) is 4.98 Å². The molecule has 0 amide bonds. The molecule has 3 aromatic heterocycles. The van der Waals surface area contributed by atoms with E-state index in [0.717, 1.165) is 28.2 Å². The Labute approximate surface area is 183 Å². The van der Waals surface area contributed by atoms with E-state index in [-0.39, 0.29) is 23.5 Å². The number of carbonyl (C=O) groups excluding carboxylic acids is 1. The van der Waals surface area contributed by atoms with Crippen LogP contribution in [-0.2, 0) is 6.54 Å². The van der Waals surface area contributed by atoms with Gasteiger partial charge in [0.05, 0.1) is 20.0 Å². The summed E-state index contributed by atoms with van der Waals surface area (Å²) in [5.74, 6) is 0.595. The summed E-state index contributed by atoms with van der Waals surface area (Å²) in [4.78, 5) is 30.5.